The fraction of sp³-hybridized carbons (Fsp3) is 0.556. The Labute approximate surface area is 148 Å². The van der Waals surface area contributed by atoms with Gasteiger partial charge in [0.25, 0.3) is 0 Å². The second kappa shape index (κ2) is 6.63. The molecule has 0 saturated heterocycles. The molecule has 1 aromatic rings. The van der Waals surface area contributed by atoms with Gasteiger partial charge in [0.15, 0.2) is 0 Å². The Bertz CT molecular complexity index is 652. The molecular formula is C18H25ClN2O3. The van der Waals surface area contributed by atoms with E-state index in [0.717, 1.165) is 11.3 Å². The summed E-state index contributed by atoms with van der Waals surface area (Å²) < 4.78 is 5.53. The fourth-order valence-electron chi connectivity index (χ4n) is 2.88. The third-order valence-corrected chi connectivity index (χ3v) is 4.16. The van der Waals surface area contributed by atoms with Crippen LogP contribution in [0.25, 0.3) is 0 Å². The molecule has 0 saturated carbocycles. The van der Waals surface area contributed by atoms with Crippen molar-refractivity contribution < 1.29 is 14.3 Å². The molecule has 1 aliphatic heterocycles. The van der Waals surface area contributed by atoms with Gasteiger partial charge in [0.05, 0.1) is 6.54 Å². The van der Waals surface area contributed by atoms with Crippen LogP contribution in [0.2, 0.25) is 5.02 Å². The van der Waals surface area contributed by atoms with Gasteiger partial charge in [0.2, 0.25) is 5.91 Å². The van der Waals surface area contributed by atoms with Crippen molar-refractivity contribution in [2.75, 3.05) is 11.9 Å². The van der Waals surface area contributed by atoms with Crippen LogP contribution in [0.1, 0.15) is 40.2 Å². The average molecular weight is 353 g/mol. The smallest absolute Gasteiger partial charge is 0.411 e. The van der Waals surface area contributed by atoms with E-state index in [0.29, 0.717) is 5.02 Å². The molecule has 0 radical (unpaired) electrons. The molecule has 1 unspecified atom stereocenters. The lowest BCUT2D eigenvalue weighted by Gasteiger charge is -2.34. The number of halogens is 1. The lowest BCUT2D eigenvalue weighted by atomic mass is 10.0. The highest BCUT2D eigenvalue weighted by molar-refractivity contribution is 6.30. The van der Waals surface area contributed by atoms with Crippen LogP contribution >= 0.6 is 11.6 Å². The highest BCUT2D eigenvalue weighted by Crippen LogP contribution is 2.32. The van der Waals surface area contributed by atoms with Gasteiger partial charge >= 0.3 is 6.09 Å². The quantitative estimate of drug-likeness (QED) is 0.765. The molecule has 132 valence electrons. The predicted octanol–water partition coefficient (Wildman–Crippen LogP) is 4.08. The van der Waals surface area contributed by atoms with Gasteiger partial charge in [-0.3, -0.25) is 9.69 Å². The minimum Gasteiger partial charge on any atom is -0.444 e. The molecular weight excluding hydrogens is 328 g/mol. The first-order valence-electron chi connectivity index (χ1n) is 8.07. The van der Waals surface area contributed by atoms with Gasteiger partial charge in [-0.05, 0) is 50.5 Å². The number of rotatable bonds is 1. The van der Waals surface area contributed by atoms with E-state index in [9.17, 15) is 9.59 Å². The third kappa shape index (κ3) is 3.83. The summed E-state index contributed by atoms with van der Waals surface area (Å²) in [4.78, 5) is 28.8. The number of nitrogens with zero attached hydrogens (tertiary/aromatic N) is 2. The molecule has 24 heavy (non-hydrogen) atoms. The Morgan fingerprint density at radius 1 is 1.33 bits per heavy atom. The van der Waals surface area contributed by atoms with Gasteiger partial charge in [-0.15, -0.1) is 0 Å². The number of benzene rings is 1. The summed E-state index contributed by atoms with van der Waals surface area (Å²) >= 11 is 6.11. The summed E-state index contributed by atoms with van der Waals surface area (Å²) in [5.41, 5.74) is 0.963. The Balaban J connectivity index is 2.50. The maximum Gasteiger partial charge on any atom is 0.411 e. The molecule has 0 bridgehead atoms. The van der Waals surface area contributed by atoms with Crippen LogP contribution in [-0.2, 0) is 16.1 Å². The lowest BCUT2D eigenvalue weighted by molar-refractivity contribution is -0.125. The zero-order chi connectivity index (χ0) is 18.2. The molecule has 1 aromatic carbocycles. The first-order valence-corrected chi connectivity index (χ1v) is 8.44. The monoisotopic (exact) mass is 352 g/mol. The largest absolute Gasteiger partial charge is 0.444 e. The first-order chi connectivity index (χ1) is 11.0. The second-order valence-corrected chi connectivity index (χ2v) is 7.90. The van der Waals surface area contributed by atoms with Gasteiger partial charge in [-0.2, -0.15) is 0 Å². The average Bonchev–Trinajstić information content (AvgIpc) is 2.53. The number of hydrogen-bond donors (Lipinski definition) is 0. The molecule has 1 atom stereocenters. The van der Waals surface area contributed by atoms with E-state index in [4.69, 9.17) is 16.3 Å². The van der Waals surface area contributed by atoms with E-state index >= 15 is 0 Å². The van der Waals surface area contributed by atoms with Gasteiger partial charge in [-0.1, -0.05) is 25.4 Å². The number of carbonyl (C=O) groups excluding carboxylic acids is 2. The fourth-order valence-corrected chi connectivity index (χ4v) is 3.08. The number of ether oxygens (including phenoxy) is 1. The summed E-state index contributed by atoms with van der Waals surface area (Å²) in [7, 11) is 1.73. The Morgan fingerprint density at radius 2 is 1.96 bits per heavy atom. The molecule has 5 nitrogen and oxygen atoms in total. The number of likely N-dealkylation sites (N-methyl/N-ethyl adjacent to an activating group) is 1. The van der Waals surface area contributed by atoms with E-state index < -0.39 is 17.7 Å². The second-order valence-electron chi connectivity index (χ2n) is 7.47. The van der Waals surface area contributed by atoms with E-state index in [1.807, 2.05) is 40.7 Å². The van der Waals surface area contributed by atoms with Crippen LogP contribution in [0.4, 0.5) is 10.5 Å². The van der Waals surface area contributed by atoms with Crippen molar-refractivity contribution in [1.82, 2.24) is 4.90 Å². The molecule has 1 aliphatic rings. The Morgan fingerprint density at radius 3 is 2.50 bits per heavy atom. The number of anilines is 1. The SMILES string of the molecule is CC(C)C1C(=O)N(C)c2ccc(Cl)cc2CN1C(=O)OC(C)(C)C. The number of hydrogen-bond acceptors (Lipinski definition) is 3. The molecule has 0 N–H and O–H groups in total. The molecule has 1 heterocycles. The normalized spacial score (nSPS) is 18.5. The molecule has 0 aromatic heterocycles. The maximum absolute atomic E-state index is 13.0. The molecule has 6 heteroatoms. The highest BCUT2D eigenvalue weighted by Gasteiger charge is 2.40. The Hall–Kier alpha value is -1.75. The van der Waals surface area contributed by atoms with Gasteiger partial charge in [0.1, 0.15) is 11.6 Å². The summed E-state index contributed by atoms with van der Waals surface area (Å²) in [5.74, 6) is -0.172. The van der Waals surface area contributed by atoms with Crippen LogP contribution < -0.4 is 4.90 Å². The third-order valence-electron chi connectivity index (χ3n) is 3.92. The number of fused-ring (bicyclic) bond motifs is 1. The van der Waals surface area contributed by atoms with Crippen LogP contribution in [0, 0.1) is 5.92 Å². The topological polar surface area (TPSA) is 49.9 Å². The van der Waals surface area contributed by atoms with Crippen molar-refractivity contribution in [2.24, 2.45) is 5.92 Å². The van der Waals surface area contributed by atoms with Crippen LogP contribution in [0.3, 0.4) is 0 Å². The van der Waals surface area contributed by atoms with E-state index in [-0.39, 0.29) is 18.4 Å². The van der Waals surface area contributed by atoms with Crippen molar-refractivity contribution in [3.05, 3.63) is 28.8 Å². The van der Waals surface area contributed by atoms with Crippen LogP contribution in [0.15, 0.2) is 18.2 Å². The highest BCUT2D eigenvalue weighted by atomic mass is 35.5. The zero-order valence-electron chi connectivity index (χ0n) is 15.1. The zero-order valence-corrected chi connectivity index (χ0v) is 15.8. The van der Waals surface area contributed by atoms with E-state index in [1.54, 1.807) is 24.1 Å². The minimum atomic E-state index is -0.628. The van der Waals surface area contributed by atoms with E-state index in [1.165, 1.54) is 4.90 Å². The standard InChI is InChI=1S/C18H25ClN2O3/c1-11(2)15-16(22)20(6)14-8-7-13(19)9-12(14)10-21(15)17(23)24-18(3,4)5/h7-9,11,15H,10H2,1-6H3. The van der Waals surface area contributed by atoms with Gasteiger partial charge < -0.3 is 9.64 Å². The molecule has 0 aliphatic carbocycles. The summed E-state index contributed by atoms with van der Waals surface area (Å²) in [5, 5.41) is 0.571. The van der Waals surface area contributed by atoms with Crippen molar-refractivity contribution >= 4 is 29.3 Å². The predicted molar refractivity (Wildman–Crippen MR) is 95.3 cm³/mol. The minimum absolute atomic E-state index is 0.0442. The number of carbonyl (C=O) groups is 2. The van der Waals surface area contributed by atoms with Crippen molar-refractivity contribution in [2.45, 2.75) is 52.8 Å². The lowest BCUT2D eigenvalue weighted by Crippen LogP contribution is -2.51. The van der Waals surface area contributed by atoms with Crippen LogP contribution in [-0.4, -0.2) is 35.6 Å². The summed E-state index contributed by atoms with van der Waals surface area (Å²) in [6.07, 6.45) is -0.490. The summed E-state index contributed by atoms with van der Waals surface area (Å²) in [6, 6.07) is 4.76. The Kier molecular flexibility index (Phi) is 5.14. The van der Waals surface area contributed by atoms with Gasteiger partial charge in [0, 0.05) is 17.8 Å². The van der Waals surface area contributed by atoms with E-state index in [2.05, 4.69) is 0 Å². The van der Waals surface area contributed by atoms with Crippen molar-refractivity contribution in [1.29, 1.82) is 0 Å². The van der Waals surface area contributed by atoms with Crippen molar-refractivity contribution in [3.63, 3.8) is 0 Å². The molecule has 2 rings (SSSR count). The number of amides is 2. The maximum atomic E-state index is 13.0. The molecule has 0 spiro atoms. The van der Waals surface area contributed by atoms with Crippen LogP contribution in [0.5, 0.6) is 0 Å². The van der Waals surface area contributed by atoms with Crippen molar-refractivity contribution in [3.8, 4) is 0 Å². The van der Waals surface area contributed by atoms with Gasteiger partial charge in [-0.25, -0.2) is 4.79 Å². The first kappa shape index (κ1) is 18.6. The molecule has 2 amide bonds. The molecule has 0 fully saturated rings. The summed E-state index contributed by atoms with van der Waals surface area (Å²) in [6.45, 7) is 9.57.